The number of hydrogen-bond acceptors (Lipinski definition) is 6. The number of nitrogens with zero attached hydrogens (tertiary/aromatic N) is 3. The fourth-order valence-electron chi connectivity index (χ4n) is 2.37. The molecule has 27 heavy (non-hydrogen) atoms. The third-order valence-corrected chi connectivity index (χ3v) is 3.49. The van der Waals surface area contributed by atoms with Crippen LogP contribution in [0.1, 0.15) is 12.5 Å². The summed E-state index contributed by atoms with van der Waals surface area (Å²) in [5.74, 6) is 0.866. The number of ether oxygens (including phenoxy) is 1. The Labute approximate surface area is 153 Å². The summed E-state index contributed by atoms with van der Waals surface area (Å²) in [4.78, 5) is 4.17. The van der Waals surface area contributed by atoms with Gasteiger partial charge in [-0.05, 0) is 31.2 Å². The van der Waals surface area contributed by atoms with Crippen LogP contribution in [0.3, 0.4) is 0 Å². The minimum absolute atomic E-state index is 0.0643. The topological polar surface area (TPSA) is 72.0 Å². The molecule has 0 bridgehead atoms. The maximum atomic E-state index is 13.1. The Hall–Kier alpha value is -3.36. The lowest BCUT2D eigenvalue weighted by atomic mass is 10.1. The lowest BCUT2D eigenvalue weighted by molar-refractivity contribution is -0.136. The summed E-state index contributed by atoms with van der Waals surface area (Å²) in [6.07, 6.45) is -3.13. The van der Waals surface area contributed by atoms with E-state index in [0.29, 0.717) is 23.9 Å². The van der Waals surface area contributed by atoms with Crippen molar-refractivity contribution in [1.82, 2.24) is 15.2 Å². The molecule has 0 spiro atoms. The van der Waals surface area contributed by atoms with Gasteiger partial charge >= 0.3 is 6.18 Å². The van der Waals surface area contributed by atoms with E-state index in [9.17, 15) is 13.2 Å². The smallest absolute Gasteiger partial charge is 0.418 e. The molecule has 0 atom stereocenters. The van der Waals surface area contributed by atoms with Crippen LogP contribution in [0, 0.1) is 0 Å². The van der Waals surface area contributed by atoms with Crippen molar-refractivity contribution in [2.24, 2.45) is 0 Å². The molecular formula is C18H16F3N5O. The summed E-state index contributed by atoms with van der Waals surface area (Å²) < 4.78 is 44.9. The summed E-state index contributed by atoms with van der Waals surface area (Å²) in [5, 5.41) is 13.1. The molecule has 9 heteroatoms. The average molecular weight is 375 g/mol. The minimum atomic E-state index is -4.50. The van der Waals surface area contributed by atoms with Crippen LogP contribution >= 0.6 is 0 Å². The van der Waals surface area contributed by atoms with Gasteiger partial charge in [-0.15, -0.1) is 5.10 Å². The van der Waals surface area contributed by atoms with E-state index in [1.807, 2.05) is 19.1 Å². The van der Waals surface area contributed by atoms with E-state index < -0.39 is 11.7 Å². The summed E-state index contributed by atoms with van der Waals surface area (Å²) in [6, 6.07) is 12.3. The van der Waals surface area contributed by atoms with Crippen molar-refractivity contribution < 1.29 is 17.9 Å². The molecule has 6 nitrogen and oxygen atoms in total. The first kappa shape index (κ1) is 18.4. The third kappa shape index (κ3) is 4.63. The molecule has 1 aromatic heterocycles. The molecule has 2 N–H and O–H groups in total. The second kappa shape index (κ2) is 7.90. The lowest BCUT2D eigenvalue weighted by Crippen LogP contribution is -2.10. The van der Waals surface area contributed by atoms with E-state index in [1.54, 1.807) is 12.1 Å². The zero-order valence-electron chi connectivity index (χ0n) is 14.3. The molecule has 140 valence electrons. The Balaban J connectivity index is 1.84. The number of rotatable bonds is 6. The summed E-state index contributed by atoms with van der Waals surface area (Å²) in [5.41, 5.74) is -0.311. The highest BCUT2D eigenvalue weighted by Crippen LogP contribution is 2.35. The third-order valence-electron chi connectivity index (χ3n) is 3.49. The van der Waals surface area contributed by atoms with Crippen molar-refractivity contribution in [2.75, 3.05) is 17.2 Å². The van der Waals surface area contributed by atoms with Crippen LogP contribution in [0.2, 0.25) is 0 Å². The van der Waals surface area contributed by atoms with Gasteiger partial charge in [-0.1, -0.05) is 24.3 Å². The Morgan fingerprint density at radius 3 is 2.41 bits per heavy atom. The number of nitrogens with one attached hydrogen (secondary N) is 2. The quantitative estimate of drug-likeness (QED) is 0.646. The number of hydrogen-bond donors (Lipinski definition) is 2. The molecule has 0 aliphatic rings. The first-order valence-electron chi connectivity index (χ1n) is 8.09. The molecule has 3 aromatic rings. The summed E-state index contributed by atoms with van der Waals surface area (Å²) in [7, 11) is 0. The molecule has 3 rings (SSSR count). The van der Waals surface area contributed by atoms with E-state index >= 15 is 0 Å². The number of aromatic nitrogens is 3. The highest BCUT2D eigenvalue weighted by Gasteiger charge is 2.33. The monoisotopic (exact) mass is 375 g/mol. The minimum Gasteiger partial charge on any atom is -0.492 e. The van der Waals surface area contributed by atoms with Gasteiger partial charge < -0.3 is 15.4 Å². The first-order chi connectivity index (χ1) is 13.0. The van der Waals surface area contributed by atoms with Gasteiger partial charge in [0.15, 0.2) is 5.82 Å². The Morgan fingerprint density at radius 1 is 0.963 bits per heavy atom. The van der Waals surface area contributed by atoms with Gasteiger partial charge in [0.25, 0.3) is 0 Å². The molecule has 0 saturated heterocycles. The van der Waals surface area contributed by atoms with Crippen molar-refractivity contribution in [3.05, 3.63) is 60.3 Å². The van der Waals surface area contributed by atoms with Gasteiger partial charge in [0.05, 0.1) is 29.7 Å². The Bertz CT molecular complexity index is 917. The van der Waals surface area contributed by atoms with Crippen LogP contribution in [-0.2, 0) is 6.18 Å². The molecule has 0 fully saturated rings. The highest BCUT2D eigenvalue weighted by molar-refractivity contribution is 5.65. The van der Waals surface area contributed by atoms with Gasteiger partial charge in [-0.3, -0.25) is 0 Å². The standard InChI is InChI=1S/C18H16F3N5O/c1-2-27-15-10-6-5-9-14(15)23-16-11-22-26-17(25-16)24-13-8-4-3-7-12(13)18(19,20)21/h3-11H,2H2,1H3,(H2,23,24,25,26). The van der Waals surface area contributed by atoms with E-state index in [1.165, 1.54) is 24.4 Å². The average Bonchev–Trinajstić information content (AvgIpc) is 2.63. The fourth-order valence-corrected chi connectivity index (χ4v) is 2.37. The molecule has 0 radical (unpaired) electrons. The molecule has 0 unspecified atom stereocenters. The highest BCUT2D eigenvalue weighted by atomic mass is 19.4. The number of alkyl halides is 3. The van der Waals surface area contributed by atoms with Gasteiger partial charge in [0.2, 0.25) is 5.95 Å². The zero-order valence-corrected chi connectivity index (χ0v) is 14.3. The zero-order chi connectivity index (χ0) is 19.3. The number of para-hydroxylation sites is 3. The maximum absolute atomic E-state index is 13.1. The Morgan fingerprint density at radius 2 is 1.67 bits per heavy atom. The molecule has 1 heterocycles. The van der Waals surface area contributed by atoms with Crippen LogP contribution in [-0.4, -0.2) is 21.8 Å². The lowest BCUT2D eigenvalue weighted by Gasteiger charge is -2.14. The van der Waals surface area contributed by atoms with Crippen LogP contribution in [0.4, 0.5) is 36.3 Å². The molecular weight excluding hydrogens is 359 g/mol. The molecule has 0 aliphatic carbocycles. The summed E-state index contributed by atoms with van der Waals surface area (Å²) in [6.45, 7) is 2.35. The number of anilines is 4. The second-order valence-corrected chi connectivity index (χ2v) is 5.39. The van der Waals surface area contributed by atoms with Gasteiger partial charge in [-0.2, -0.15) is 23.3 Å². The first-order valence-corrected chi connectivity index (χ1v) is 8.09. The maximum Gasteiger partial charge on any atom is 0.418 e. The SMILES string of the molecule is CCOc1ccccc1Nc1cnnc(Nc2ccccc2C(F)(F)F)n1. The number of benzene rings is 2. The van der Waals surface area contributed by atoms with E-state index in [2.05, 4.69) is 25.8 Å². The van der Waals surface area contributed by atoms with Crippen molar-refractivity contribution in [1.29, 1.82) is 0 Å². The summed E-state index contributed by atoms with van der Waals surface area (Å²) >= 11 is 0. The van der Waals surface area contributed by atoms with Crippen LogP contribution in [0.15, 0.2) is 54.7 Å². The van der Waals surface area contributed by atoms with E-state index in [-0.39, 0.29) is 11.6 Å². The largest absolute Gasteiger partial charge is 0.492 e. The molecule has 0 saturated carbocycles. The Kier molecular flexibility index (Phi) is 5.39. The fraction of sp³-hybridized carbons (Fsp3) is 0.167. The van der Waals surface area contributed by atoms with Crippen LogP contribution in [0.25, 0.3) is 0 Å². The molecule has 2 aromatic carbocycles. The van der Waals surface area contributed by atoms with Crippen molar-refractivity contribution in [3.8, 4) is 5.75 Å². The van der Waals surface area contributed by atoms with E-state index in [0.717, 1.165) is 6.07 Å². The van der Waals surface area contributed by atoms with Crippen molar-refractivity contribution >= 4 is 23.1 Å². The second-order valence-electron chi connectivity index (χ2n) is 5.39. The van der Waals surface area contributed by atoms with Crippen molar-refractivity contribution in [2.45, 2.75) is 13.1 Å². The predicted octanol–water partition coefficient (Wildman–Crippen LogP) is 4.78. The predicted molar refractivity (Wildman–Crippen MR) is 95.4 cm³/mol. The normalized spacial score (nSPS) is 11.1. The van der Waals surface area contributed by atoms with Crippen LogP contribution in [0.5, 0.6) is 5.75 Å². The van der Waals surface area contributed by atoms with Gasteiger partial charge in [0.1, 0.15) is 5.75 Å². The van der Waals surface area contributed by atoms with Gasteiger partial charge in [0, 0.05) is 0 Å². The molecule has 0 amide bonds. The van der Waals surface area contributed by atoms with E-state index in [4.69, 9.17) is 4.74 Å². The molecule has 0 aliphatic heterocycles. The van der Waals surface area contributed by atoms with Crippen LogP contribution < -0.4 is 15.4 Å². The van der Waals surface area contributed by atoms with Crippen molar-refractivity contribution in [3.63, 3.8) is 0 Å². The number of halogens is 3. The van der Waals surface area contributed by atoms with Gasteiger partial charge in [-0.25, -0.2) is 0 Å².